The molecular formula is C28H28N4O4S. The second kappa shape index (κ2) is 9.48. The highest BCUT2D eigenvalue weighted by atomic mass is 32.2. The molecule has 0 radical (unpaired) electrons. The number of imidazole rings is 1. The highest BCUT2D eigenvalue weighted by Gasteiger charge is 2.43. The van der Waals surface area contributed by atoms with Crippen LogP contribution >= 0.6 is 11.8 Å². The fourth-order valence-electron chi connectivity index (χ4n) is 4.40. The first kappa shape index (κ1) is 24.7. The molecule has 1 saturated heterocycles. The molecule has 8 nitrogen and oxygen atoms in total. The van der Waals surface area contributed by atoms with Gasteiger partial charge in [0.1, 0.15) is 34.4 Å². The number of fused-ring (bicyclic) bond motifs is 1. The number of rotatable bonds is 7. The van der Waals surface area contributed by atoms with Crippen LogP contribution in [0, 0.1) is 13.8 Å². The predicted octanol–water partition coefficient (Wildman–Crippen LogP) is 5.43. The third-order valence-electron chi connectivity index (χ3n) is 6.59. The van der Waals surface area contributed by atoms with Gasteiger partial charge in [-0.1, -0.05) is 12.1 Å². The molecule has 2 heterocycles. The summed E-state index contributed by atoms with van der Waals surface area (Å²) in [4.78, 5) is 28.4. The van der Waals surface area contributed by atoms with Crippen LogP contribution in [0.15, 0.2) is 54.6 Å². The first-order valence-electron chi connectivity index (χ1n) is 11.9. The molecule has 1 aliphatic heterocycles. The van der Waals surface area contributed by atoms with Crippen molar-refractivity contribution in [1.29, 1.82) is 0 Å². The fraction of sp³-hybridized carbons (Fsp3) is 0.250. The molecule has 3 aromatic carbocycles. The van der Waals surface area contributed by atoms with Gasteiger partial charge in [-0.25, -0.2) is 4.98 Å². The number of amides is 2. The zero-order chi connectivity index (χ0) is 26.3. The Morgan fingerprint density at radius 2 is 1.68 bits per heavy atom. The van der Waals surface area contributed by atoms with E-state index in [1.54, 1.807) is 6.92 Å². The Morgan fingerprint density at radius 1 is 1.00 bits per heavy atom. The minimum absolute atomic E-state index is 0.253. The highest BCUT2D eigenvalue weighted by molar-refractivity contribution is 8.16. The average molecular weight is 517 g/mol. The molecule has 0 saturated carbocycles. The quantitative estimate of drug-likeness (QED) is 0.315. The Labute approximate surface area is 219 Å². The second-order valence-corrected chi connectivity index (χ2v) is 11.0. The summed E-state index contributed by atoms with van der Waals surface area (Å²) in [6.07, 6.45) is 0.459. The number of anilines is 1. The summed E-state index contributed by atoms with van der Waals surface area (Å²) in [5.41, 5.74) is 11.5. The molecule has 5 rings (SSSR count). The SMILES string of the molecule is Cc1cc(Oc2ccc3nc(COc4ccc(CC5(C)SC(=O)NC5=O)cc4)n(C)c3c2)cc(C)c1N. The predicted molar refractivity (Wildman–Crippen MR) is 145 cm³/mol. The van der Waals surface area contributed by atoms with Gasteiger partial charge in [-0.3, -0.25) is 14.9 Å². The summed E-state index contributed by atoms with van der Waals surface area (Å²) < 4.78 is 13.3. The molecule has 37 heavy (non-hydrogen) atoms. The lowest BCUT2D eigenvalue weighted by molar-refractivity contribution is -0.121. The number of ether oxygens (including phenoxy) is 2. The molecule has 190 valence electrons. The number of aryl methyl sites for hydroxylation is 3. The third kappa shape index (κ3) is 4.99. The third-order valence-corrected chi connectivity index (χ3v) is 7.66. The van der Waals surface area contributed by atoms with Gasteiger partial charge < -0.3 is 19.8 Å². The van der Waals surface area contributed by atoms with E-state index in [2.05, 4.69) is 5.32 Å². The van der Waals surface area contributed by atoms with Crippen LogP contribution in [0.5, 0.6) is 17.2 Å². The molecule has 0 bridgehead atoms. The van der Waals surface area contributed by atoms with Crippen molar-refractivity contribution in [3.8, 4) is 17.2 Å². The Morgan fingerprint density at radius 3 is 2.32 bits per heavy atom. The number of thioether (sulfide) groups is 1. The van der Waals surface area contributed by atoms with Crippen molar-refractivity contribution in [2.45, 2.75) is 38.5 Å². The van der Waals surface area contributed by atoms with Gasteiger partial charge >= 0.3 is 0 Å². The topological polar surface area (TPSA) is 108 Å². The number of nitrogens with two attached hydrogens (primary N) is 1. The van der Waals surface area contributed by atoms with Gasteiger partial charge in [0.15, 0.2) is 0 Å². The van der Waals surface area contributed by atoms with Crippen LogP contribution in [0.3, 0.4) is 0 Å². The zero-order valence-electron chi connectivity index (χ0n) is 21.1. The van der Waals surface area contributed by atoms with Crippen molar-refractivity contribution in [1.82, 2.24) is 14.9 Å². The zero-order valence-corrected chi connectivity index (χ0v) is 21.9. The van der Waals surface area contributed by atoms with Crippen LogP contribution in [0.4, 0.5) is 10.5 Å². The maximum atomic E-state index is 12.1. The normalized spacial score (nSPS) is 17.3. The molecule has 1 aromatic heterocycles. The van der Waals surface area contributed by atoms with Gasteiger partial charge in [-0.2, -0.15) is 0 Å². The van der Waals surface area contributed by atoms with E-state index in [4.69, 9.17) is 20.2 Å². The molecule has 3 N–H and O–H groups in total. The Kier molecular flexibility index (Phi) is 6.33. The number of carbonyl (C=O) groups is 2. The highest BCUT2D eigenvalue weighted by Crippen LogP contribution is 2.35. The molecule has 1 aliphatic rings. The van der Waals surface area contributed by atoms with Crippen LogP contribution < -0.4 is 20.5 Å². The minimum atomic E-state index is -0.791. The Hall–Kier alpha value is -3.98. The molecule has 0 spiro atoms. The van der Waals surface area contributed by atoms with E-state index < -0.39 is 4.75 Å². The number of aromatic nitrogens is 2. The Balaban J connectivity index is 1.26. The summed E-state index contributed by atoms with van der Waals surface area (Å²) >= 11 is 1.03. The molecule has 4 aromatic rings. The van der Waals surface area contributed by atoms with E-state index in [1.807, 2.05) is 80.1 Å². The lowest BCUT2D eigenvalue weighted by Crippen LogP contribution is -2.35. The van der Waals surface area contributed by atoms with Crippen LogP contribution in [0.25, 0.3) is 11.0 Å². The number of hydrogen-bond acceptors (Lipinski definition) is 7. The fourth-order valence-corrected chi connectivity index (χ4v) is 5.34. The van der Waals surface area contributed by atoms with E-state index >= 15 is 0 Å². The summed E-state index contributed by atoms with van der Waals surface area (Å²) in [6, 6.07) is 17.2. The van der Waals surface area contributed by atoms with Crippen LogP contribution in [0.1, 0.15) is 29.4 Å². The van der Waals surface area contributed by atoms with Gasteiger partial charge in [0, 0.05) is 18.8 Å². The Bertz CT molecular complexity index is 1510. The minimum Gasteiger partial charge on any atom is -0.486 e. The number of benzene rings is 3. The van der Waals surface area contributed by atoms with Crippen molar-refractivity contribution >= 4 is 39.6 Å². The van der Waals surface area contributed by atoms with Crippen molar-refractivity contribution in [3.63, 3.8) is 0 Å². The van der Waals surface area contributed by atoms with Gasteiger partial charge in [0.2, 0.25) is 5.91 Å². The van der Waals surface area contributed by atoms with E-state index in [0.29, 0.717) is 24.5 Å². The standard InChI is InChI=1S/C28H28N4O4S/c1-16-11-21(12-17(2)25(16)29)36-20-9-10-22-23(13-20)32(4)24(30-22)15-35-19-7-5-18(6-8-19)14-28(3)26(33)31-27(34)37-28/h5-13H,14-15,29H2,1-4H3,(H,31,33,34). The lowest BCUT2D eigenvalue weighted by atomic mass is 9.99. The maximum absolute atomic E-state index is 12.1. The largest absolute Gasteiger partial charge is 0.486 e. The van der Waals surface area contributed by atoms with Crippen LogP contribution in [-0.2, 0) is 24.9 Å². The first-order chi connectivity index (χ1) is 17.6. The average Bonchev–Trinajstić information content (AvgIpc) is 3.30. The summed E-state index contributed by atoms with van der Waals surface area (Å²) in [7, 11) is 1.95. The molecule has 0 aliphatic carbocycles. The number of nitrogens with zero attached hydrogens (tertiary/aromatic N) is 2. The van der Waals surface area contributed by atoms with Crippen molar-refractivity contribution in [2.75, 3.05) is 5.73 Å². The number of imide groups is 1. The molecule has 1 atom stereocenters. The molecule has 1 fully saturated rings. The summed E-state index contributed by atoms with van der Waals surface area (Å²) in [6.45, 7) is 6.01. The van der Waals surface area contributed by atoms with E-state index in [-0.39, 0.29) is 11.1 Å². The molecule has 9 heteroatoms. The van der Waals surface area contributed by atoms with Crippen LogP contribution in [-0.4, -0.2) is 25.4 Å². The molecule has 1 unspecified atom stereocenters. The van der Waals surface area contributed by atoms with Gasteiger partial charge in [-0.15, -0.1) is 0 Å². The first-order valence-corrected chi connectivity index (χ1v) is 12.7. The number of hydrogen-bond donors (Lipinski definition) is 2. The summed E-state index contributed by atoms with van der Waals surface area (Å²) in [5.74, 6) is 2.67. The van der Waals surface area contributed by atoms with Crippen LogP contribution in [0.2, 0.25) is 0 Å². The monoisotopic (exact) mass is 516 g/mol. The number of nitrogens with one attached hydrogen (secondary N) is 1. The van der Waals surface area contributed by atoms with E-state index in [1.165, 1.54) is 0 Å². The van der Waals surface area contributed by atoms with Crippen molar-refractivity contribution in [2.24, 2.45) is 7.05 Å². The molecular weight excluding hydrogens is 488 g/mol. The smallest absolute Gasteiger partial charge is 0.286 e. The van der Waals surface area contributed by atoms with Gasteiger partial charge in [0.05, 0.1) is 11.0 Å². The van der Waals surface area contributed by atoms with Crippen molar-refractivity contribution < 1.29 is 19.1 Å². The van der Waals surface area contributed by atoms with E-state index in [0.717, 1.165) is 56.7 Å². The lowest BCUT2D eigenvalue weighted by Gasteiger charge is -2.18. The van der Waals surface area contributed by atoms with Crippen molar-refractivity contribution in [3.05, 3.63) is 77.1 Å². The summed E-state index contributed by atoms with van der Waals surface area (Å²) in [5, 5.41) is 2.05. The van der Waals surface area contributed by atoms with Gasteiger partial charge in [0.25, 0.3) is 5.24 Å². The van der Waals surface area contributed by atoms with E-state index in [9.17, 15) is 9.59 Å². The maximum Gasteiger partial charge on any atom is 0.286 e. The second-order valence-electron chi connectivity index (χ2n) is 9.49. The van der Waals surface area contributed by atoms with Gasteiger partial charge in [-0.05, 0) is 92.0 Å². The number of nitrogen functional groups attached to an aromatic ring is 1. The molecule has 2 amide bonds. The number of carbonyl (C=O) groups excluding carboxylic acids is 2.